The van der Waals surface area contributed by atoms with Gasteiger partial charge in [-0.25, -0.2) is 13.1 Å². The Morgan fingerprint density at radius 2 is 1.95 bits per heavy atom. The molecule has 1 aromatic heterocycles. The maximum Gasteiger partial charge on any atom is 0.256 e. The van der Waals surface area contributed by atoms with Crippen LogP contribution in [0.4, 0.5) is 11.5 Å². The van der Waals surface area contributed by atoms with Crippen LogP contribution < -0.4 is 10.0 Å². The van der Waals surface area contributed by atoms with E-state index in [0.29, 0.717) is 41.7 Å². The summed E-state index contributed by atoms with van der Waals surface area (Å²) >= 11 is 0. The molecule has 2 aromatic rings. The quantitative estimate of drug-likeness (QED) is 0.324. The van der Waals surface area contributed by atoms with Crippen molar-refractivity contribution in [2.75, 3.05) is 22.9 Å². The summed E-state index contributed by atoms with van der Waals surface area (Å²) in [6, 6.07) is 6.40. The third kappa shape index (κ3) is 6.79. The summed E-state index contributed by atoms with van der Waals surface area (Å²) in [5.41, 5.74) is 2.73. The third-order valence-electron chi connectivity index (χ3n) is 6.72. The number of aromatic nitrogens is 2. The van der Waals surface area contributed by atoms with Gasteiger partial charge in [0.15, 0.2) is 5.82 Å². The number of amides is 2. The Morgan fingerprint density at radius 1 is 1.24 bits per heavy atom. The maximum atomic E-state index is 13.4. The molecule has 1 saturated carbocycles. The Hall–Kier alpha value is -2.70. The van der Waals surface area contributed by atoms with Gasteiger partial charge in [0, 0.05) is 45.8 Å². The molecule has 1 unspecified atom stereocenters. The van der Waals surface area contributed by atoms with Crippen molar-refractivity contribution in [2.24, 2.45) is 5.92 Å². The predicted octanol–water partition coefficient (Wildman–Crippen LogP) is 3.95. The van der Waals surface area contributed by atoms with E-state index in [1.54, 1.807) is 16.8 Å². The fourth-order valence-electron chi connectivity index (χ4n) is 4.59. The van der Waals surface area contributed by atoms with Crippen molar-refractivity contribution < 1.29 is 22.7 Å². The zero-order valence-corrected chi connectivity index (χ0v) is 24.2. The number of hydrogen-bond donors (Lipinski definition) is 2. The largest absolute Gasteiger partial charge is 0.360 e. The lowest BCUT2D eigenvalue weighted by Gasteiger charge is -2.24. The van der Waals surface area contributed by atoms with Crippen LogP contribution in [0.2, 0.25) is 25.7 Å². The molecule has 1 aliphatic heterocycles. The summed E-state index contributed by atoms with van der Waals surface area (Å²) in [4.78, 5) is 26.9. The normalized spacial score (nSPS) is 16.6. The van der Waals surface area contributed by atoms with Gasteiger partial charge in [-0.1, -0.05) is 19.6 Å². The van der Waals surface area contributed by atoms with E-state index in [2.05, 4.69) is 41.7 Å². The van der Waals surface area contributed by atoms with E-state index in [-0.39, 0.29) is 30.3 Å². The van der Waals surface area contributed by atoms with Crippen molar-refractivity contribution in [2.45, 2.75) is 71.7 Å². The molecule has 10 nitrogen and oxygen atoms in total. The summed E-state index contributed by atoms with van der Waals surface area (Å²) in [6.45, 7) is 11.5. The van der Waals surface area contributed by atoms with Gasteiger partial charge in [-0.3, -0.25) is 14.3 Å². The molecule has 2 heterocycles. The van der Waals surface area contributed by atoms with Gasteiger partial charge in [-0.15, -0.1) is 0 Å². The van der Waals surface area contributed by atoms with Crippen molar-refractivity contribution in [1.29, 1.82) is 0 Å². The Labute approximate surface area is 219 Å². The lowest BCUT2D eigenvalue weighted by molar-refractivity contribution is -0.114. The highest BCUT2D eigenvalue weighted by atomic mass is 32.2. The molecule has 0 saturated heterocycles. The minimum atomic E-state index is -3.64. The van der Waals surface area contributed by atoms with Crippen molar-refractivity contribution in [1.82, 2.24) is 14.7 Å². The number of ether oxygens (including phenoxy) is 1. The van der Waals surface area contributed by atoms with Gasteiger partial charge in [0.2, 0.25) is 15.9 Å². The zero-order chi connectivity index (χ0) is 27.1. The van der Waals surface area contributed by atoms with E-state index in [9.17, 15) is 18.0 Å². The first-order chi connectivity index (χ1) is 17.2. The summed E-state index contributed by atoms with van der Waals surface area (Å²) in [5.74, 6) is 0.447. The van der Waals surface area contributed by atoms with E-state index in [0.717, 1.165) is 30.7 Å². The SMILES string of the molecule is CC(=O)Nc1cc(-c2cc3c(c(NS(C)(=O)=O)c2)C(=O)N(C(C)C2CC2)C3)n(COCC[Si](C)(C)C)n1. The number of nitrogens with zero attached hydrogens (tertiary/aromatic N) is 3. The number of anilines is 2. The standard InChI is InChI=1S/C25H37N5O5SSi/c1-16(18-7-8-18)29-14-20-11-19(12-21(24(20)25(29)32)28-36(3,33)34)22-13-23(26-17(2)31)27-30(22)15-35-9-10-37(4,5)6/h11-13,16,18,28H,7-10,14-15H2,1-6H3,(H,26,27,31). The Kier molecular flexibility index (Phi) is 7.55. The van der Waals surface area contributed by atoms with Crippen molar-refractivity contribution in [3.05, 3.63) is 29.3 Å². The molecule has 1 atom stereocenters. The number of nitrogens with one attached hydrogen (secondary N) is 2. The molecule has 202 valence electrons. The molecule has 12 heteroatoms. The molecule has 0 bridgehead atoms. The second kappa shape index (κ2) is 10.2. The van der Waals surface area contributed by atoms with Gasteiger partial charge >= 0.3 is 0 Å². The minimum absolute atomic E-state index is 0.0890. The van der Waals surface area contributed by atoms with Crippen LogP contribution in [-0.2, 0) is 32.8 Å². The van der Waals surface area contributed by atoms with Gasteiger partial charge in [0.25, 0.3) is 5.91 Å². The third-order valence-corrected chi connectivity index (χ3v) is 9.01. The first kappa shape index (κ1) is 27.3. The molecule has 4 rings (SSSR count). The van der Waals surface area contributed by atoms with Gasteiger partial charge in [0.1, 0.15) is 6.73 Å². The molecular weight excluding hydrogens is 510 g/mol. The number of hydrogen-bond acceptors (Lipinski definition) is 6. The fourth-order valence-corrected chi connectivity index (χ4v) is 5.90. The van der Waals surface area contributed by atoms with Gasteiger partial charge in [-0.05, 0) is 49.4 Å². The van der Waals surface area contributed by atoms with Crippen molar-refractivity contribution in [3.8, 4) is 11.3 Å². The van der Waals surface area contributed by atoms with Crippen molar-refractivity contribution >= 4 is 41.4 Å². The maximum absolute atomic E-state index is 13.4. The van der Waals surface area contributed by atoms with E-state index in [4.69, 9.17) is 4.74 Å². The van der Waals surface area contributed by atoms with Crippen LogP contribution in [0.15, 0.2) is 18.2 Å². The highest BCUT2D eigenvalue weighted by molar-refractivity contribution is 7.92. The van der Waals surface area contributed by atoms with E-state index in [1.807, 2.05) is 11.0 Å². The minimum Gasteiger partial charge on any atom is -0.360 e. The molecule has 0 spiro atoms. The molecule has 2 amide bonds. The molecule has 1 fully saturated rings. The van der Waals surface area contributed by atoms with Crippen LogP contribution >= 0.6 is 0 Å². The number of carbonyl (C=O) groups is 2. The van der Waals surface area contributed by atoms with Crippen LogP contribution in [0, 0.1) is 5.92 Å². The second-order valence-electron chi connectivity index (χ2n) is 11.4. The molecule has 1 aliphatic carbocycles. The van der Waals surface area contributed by atoms with Gasteiger partial charge in [0.05, 0.1) is 23.2 Å². The van der Waals surface area contributed by atoms with E-state index in [1.165, 1.54) is 6.92 Å². The first-order valence-corrected chi connectivity index (χ1v) is 18.2. The molecule has 2 aliphatic rings. The molecule has 1 aromatic carbocycles. The van der Waals surface area contributed by atoms with Crippen LogP contribution in [0.5, 0.6) is 0 Å². The number of benzene rings is 1. The van der Waals surface area contributed by atoms with Crippen LogP contribution in [0.3, 0.4) is 0 Å². The average molecular weight is 548 g/mol. The first-order valence-electron chi connectivity index (χ1n) is 12.6. The lowest BCUT2D eigenvalue weighted by Crippen LogP contribution is -2.34. The Morgan fingerprint density at radius 3 is 2.54 bits per heavy atom. The van der Waals surface area contributed by atoms with Crippen LogP contribution in [0.1, 0.15) is 42.6 Å². The fraction of sp³-hybridized carbons (Fsp3) is 0.560. The molecule has 2 N–H and O–H groups in total. The topological polar surface area (TPSA) is 123 Å². The van der Waals surface area contributed by atoms with E-state index >= 15 is 0 Å². The van der Waals surface area contributed by atoms with Gasteiger partial charge < -0.3 is 15.0 Å². The number of rotatable bonds is 11. The van der Waals surface area contributed by atoms with E-state index < -0.39 is 18.1 Å². The number of fused-ring (bicyclic) bond motifs is 1. The summed E-state index contributed by atoms with van der Waals surface area (Å²) in [6.07, 6.45) is 3.27. The van der Waals surface area contributed by atoms with Crippen molar-refractivity contribution in [3.63, 3.8) is 0 Å². The highest BCUT2D eigenvalue weighted by Crippen LogP contribution is 2.41. The monoisotopic (exact) mass is 547 g/mol. The average Bonchev–Trinajstić information content (AvgIpc) is 3.45. The Bertz CT molecular complexity index is 1310. The number of carbonyl (C=O) groups excluding carboxylic acids is 2. The lowest BCUT2D eigenvalue weighted by atomic mass is 10.0. The molecule has 37 heavy (non-hydrogen) atoms. The summed E-state index contributed by atoms with van der Waals surface area (Å²) in [7, 11) is -4.91. The molecular formula is C25H37N5O5SSi. The van der Waals surface area contributed by atoms with Crippen LogP contribution in [0.25, 0.3) is 11.3 Å². The smallest absolute Gasteiger partial charge is 0.256 e. The second-order valence-corrected chi connectivity index (χ2v) is 18.8. The zero-order valence-electron chi connectivity index (χ0n) is 22.4. The predicted molar refractivity (Wildman–Crippen MR) is 147 cm³/mol. The van der Waals surface area contributed by atoms with Crippen LogP contribution in [-0.4, -0.2) is 61.9 Å². The summed E-state index contributed by atoms with van der Waals surface area (Å²) in [5, 5.41) is 7.21. The number of sulfonamides is 1. The Balaban J connectivity index is 1.72. The summed E-state index contributed by atoms with van der Waals surface area (Å²) < 4.78 is 34.6. The molecule has 0 radical (unpaired) electrons. The highest BCUT2D eigenvalue weighted by Gasteiger charge is 2.40. The van der Waals surface area contributed by atoms with Gasteiger partial charge in [-0.2, -0.15) is 5.10 Å².